The molecule has 0 saturated carbocycles. The Morgan fingerprint density at radius 1 is 0.743 bits per heavy atom. The van der Waals surface area contributed by atoms with Gasteiger partial charge in [-0.2, -0.15) is 0 Å². The fourth-order valence-electron chi connectivity index (χ4n) is 4.41. The molecule has 1 amide bonds. The number of anilines is 1. The van der Waals surface area contributed by atoms with Gasteiger partial charge in [0.1, 0.15) is 0 Å². The van der Waals surface area contributed by atoms with Crippen molar-refractivity contribution in [3.05, 3.63) is 132 Å². The summed E-state index contributed by atoms with van der Waals surface area (Å²) in [6.45, 7) is 4.00. The molecule has 0 radical (unpaired) electrons. The van der Waals surface area contributed by atoms with Crippen molar-refractivity contribution in [1.29, 1.82) is 0 Å². The third-order valence-corrected chi connectivity index (χ3v) is 6.47. The van der Waals surface area contributed by atoms with Crippen molar-refractivity contribution in [2.24, 2.45) is 10.3 Å². The molecule has 5 nitrogen and oxygen atoms in total. The minimum Gasteiger partial charge on any atom is -0.310 e. The quantitative estimate of drug-likeness (QED) is 0.167. The summed E-state index contributed by atoms with van der Waals surface area (Å²) in [5.74, 6) is 0.120. The lowest BCUT2D eigenvalue weighted by molar-refractivity contribution is -0.128. The van der Waals surface area contributed by atoms with Gasteiger partial charge in [0, 0.05) is 12.2 Å². The average molecular weight is 461 g/mol. The molecular formula is C30H28N4O. The number of para-hydroxylation sites is 1. The summed E-state index contributed by atoms with van der Waals surface area (Å²) >= 11 is 0. The molecule has 0 spiro atoms. The summed E-state index contributed by atoms with van der Waals surface area (Å²) in [6.07, 6.45) is 0. The summed E-state index contributed by atoms with van der Waals surface area (Å²) in [4.78, 5) is 14.8. The van der Waals surface area contributed by atoms with Crippen LogP contribution in [0, 0.1) is 0 Å². The number of benzene rings is 4. The molecule has 1 heterocycles. The van der Waals surface area contributed by atoms with E-state index in [9.17, 15) is 4.79 Å². The molecule has 0 aliphatic carbocycles. The third-order valence-electron chi connectivity index (χ3n) is 6.47. The lowest BCUT2D eigenvalue weighted by atomic mass is 9.74. The smallest absolute Gasteiger partial charge is 0.239 e. The van der Waals surface area contributed by atoms with Gasteiger partial charge in [-0.25, -0.2) is 0 Å². The maximum absolute atomic E-state index is 13.0. The molecule has 1 aliphatic rings. The minimum atomic E-state index is -0.516. The standard InChI is InChI=1S/C30H28N4O/c1-30(23-34(29(30)35)28-15-9-4-10-16-28)26-17-19-27(20-18-26)31-32-33(21-24-11-5-2-6-12-24)22-25-13-7-3-8-14-25/h2-20H,21-23H2,1H3. The summed E-state index contributed by atoms with van der Waals surface area (Å²) in [5, 5.41) is 11.0. The van der Waals surface area contributed by atoms with E-state index in [2.05, 4.69) is 34.6 Å². The lowest BCUT2D eigenvalue weighted by Gasteiger charge is -2.47. The number of carbonyl (C=O) groups excluding carboxylic acids is 1. The Hall–Kier alpha value is -4.25. The zero-order valence-corrected chi connectivity index (χ0v) is 19.8. The van der Waals surface area contributed by atoms with Gasteiger partial charge in [0.2, 0.25) is 5.91 Å². The van der Waals surface area contributed by atoms with Gasteiger partial charge in [-0.3, -0.25) is 9.80 Å². The summed E-state index contributed by atoms with van der Waals surface area (Å²) in [5.41, 5.74) is 4.54. The van der Waals surface area contributed by atoms with E-state index in [1.807, 2.05) is 108 Å². The van der Waals surface area contributed by atoms with Crippen LogP contribution in [0.4, 0.5) is 11.4 Å². The van der Waals surface area contributed by atoms with Crippen LogP contribution < -0.4 is 4.90 Å². The molecule has 0 aromatic heterocycles. The van der Waals surface area contributed by atoms with Crippen LogP contribution in [-0.4, -0.2) is 17.5 Å². The van der Waals surface area contributed by atoms with E-state index in [0.29, 0.717) is 19.6 Å². The van der Waals surface area contributed by atoms with Gasteiger partial charge in [0.25, 0.3) is 0 Å². The lowest BCUT2D eigenvalue weighted by Crippen LogP contribution is -2.63. The third kappa shape index (κ3) is 4.99. The van der Waals surface area contributed by atoms with E-state index in [0.717, 1.165) is 16.9 Å². The molecule has 5 rings (SSSR count). The highest BCUT2D eigenvalue weighted by molar-refractivity contribution is 6.08. The van der Waals surface area contributed by atoms with E-state index in [1.165, 1.54) is 11.1 Å². The molecule has 5 heteroatoms. The highest BCUT2D eigenvalue weighted by atomic mass is 16.2. The molecule has 1 fully saturated rings. The van der Waals surface area contributed by atoms with Gasteiger partial charge in [-0.1, -0.05) is 96.2 Å². The van der Waals surface area contributed by atoms with Crippen LogP contribution in [0.1, 0.15) is 23.6 Å². The number of nitrogens with zero attached hydrogens (tertiary/aromatic N) is 4. The van der Waals surface area contributed by atoms with Gasteiger partial charge in [0.05, 0.1) is 24.2 Å². The molecule has 0 N–H and O–H groups in total. The minimum absolute atomic E-state index is 0.120. The van der Waals surface area contributed by atoms with Gasteiger partial charge in [0.15, 0.2) is 0 Å². The van der Waals surface area contributed by atoms with Crippen LogP contribution in [-0.2, 0) is 23.3 Å². The molecule has 1 saturated heterocycles. The van der Waals surface area contributed by atoms with Crippen molar-refractivity contribution < 1.29 is 4.79 Å². The Kier molecular flexibility index (Phi) is 6.40. The number of β-lactam (4-membered cyclic amide) rings is 1. The second kappa shape index (κ2) is 9.94. The Morgan fingerprint density at radius 2 is 1.26 bits per heavy atom. The number of amides is 1. The molecule has 0 bridgehead atoms. The zero-order chi connectivity index (χ0) is 24.1. The van der Waals surface area contributed by atoms with Gasteiger partial charge < -0.3 is 4.90 Å². The van der Waals surface area contributed by atoms with E-state index >= 15 is 0 Å². The van der Waals surface area contributed by atoms with Gasteiger partial charge >= 0.3 is 0 Å². The summed E-state index contributed by atoms with van der Waals surface area (Å²) in [6, 6.07) is 38.2. The van der Waals surface area contributed by atoms with E-state index in [1.54, 1.807) is 0 Å². The van der Waals surface area contributed by atoms with Crippen LogP contribution in [0.2, 0.25) is 0 Å². The van der Waals surface area contributed by atoms with Crippen molar-refractivity contribution in [2.75, 3.05) is 11.4 Å². The van der Waals surface area contributed by atoms with E-state index in [-0.39, 0.29) is 5.91 Å². The highest BCUT2D eigenvalue weighted by Crippen LogP contribution is 2.39. The molecule has 4 aromatic rings. The maximum atomic E-state index is 13.0. The number of carbonyl (C=O) groups is 1. The molecule has 1 unspecified atom stereocenters. The monoisotopic (exact) mass is 460 g/mol. The largest absolute Gasteiger partial charge is 0.310 e. The van der Waals surface area contributed by atoms with Gasteiger partial charge in [-0.15, -0.1) is 5.11 Å². The summed E-state index contributed by atoms with van der Waals surface area (Å²) in [7, 11) is 0. The van der Waals surface area contributed by atoms with Crippen LogP contribution in [0.3, 0.4) is 0 Å². The van der Waals surface area contributed by atoms with E-state index in [4.69, 9.17) is 0 Å². The van der Waals surface area contributed by atoms with Crippen LogP contribution in [0.5, 0.6) is 0 Å². The second-order valence-corrected chi connectivity index (χ2v) is 9.09. The Bertz CT molecular complexity index is 1250. The Balaban J connectivity index is 1.29. The Labute approximate surface area is 206 Å². The van der Waals surface area contributed by atoms with Crippen LogP contribution in [0.25, 0.3) is 0 Å². The average Bonchev–Trinajstić information content (AvgIpc) is 2.92. The fraction of sp³-hybridized carbons (Fsp3) is 0.167. The number of rotatable bonds is 8. The van der Waals surface area contributed by atoms with Crippen molar-refractivity contribution in [3.63, 3.8) is 0 Å². The second-order valence-electron chi connectivity index (χ2n) is 9.09. The molecule has 35 heavy (non-hydrogen) atoms. The van der Waals surface area contributed by atoms with E-state index < -0.39 is 5.41 Å². The van der Waals surface area contributed by atoms with Crippen molar-refractivity contribution in [2.45, 2.75) is 25.4 Å². The van der Waals surface area contributed by atoms with Crippen LogP contribution in [0.15, 0.2) is 126 Å². The molecule has 174 valence electrons. The zero-order valence-electron chi connectivity index (χ0n) is 19.8. The first kappa shape index (κ1) is 22.5. The van der Waals surface area contributed by atoms with Crippen molar-refractivity contribution in [3.8, 4) is 0 Å². The predicted molar refractivity (Wildman–Crippen MR) is 139 cm³/mol. The summed E-state index contributed by atoms with van der Waals surface area (Å²) < 4.78 is 0. The molecular weight excluding hydrogens is 432 g/mol. The van der Waals surface area contributed by atoms with Crippen molar-refractivity contribution >= 4 is 17.3 Å². The molecule has 1 atom stereocenters. The van der Waals surface area contributed by atoms with Gasteiger partial charge in [-0.05, 0) is 47.9 Å². The first-order chi connectivity index (χ1) is 17.1. The number of hydrogen-bond acceptors (Lipinski definition) is 3. The molecule has 4 aromatic carbocycles. The maximum Gasteiger partial charge on any atom is 0.239 e. The Morgan fingerprint density at radius 3 is 1.77 bits per heavy atom. The SMILES string of the molecule is CC1(c2ccc(N=NN(Cc3ccccc3)Cc3ccccc3)cc2)CN(c2ccccc2)C1=O. The first-order valence-corrected chi connectivity index (χ1v) is 11.8. The normalized spacial score (nSPS) is 17.4. The predicted octanol–water partition coefficient (Wildman–Crippen LogP) is 6.69. The number of hydrogen-bond donors (Lipinski definition) is 0. The topological polar surface area (TPSA) is 48.3 Å². The first-order valence-electron chi connectivity index (χ1n) is 11.8. The highest BCUT2D eigenvalue weighted by Gasteiger charge is 2.49. The molecule has 1 aliphatic heterocycles. The van der Waals surface area contributed by atoms with Crippen molar-refractivity contribution in [1.82, 2.24) is 5.01 Å². The fourth-order valence-corrected chi connectivity index (χ4v) is 4.41. The van der Waals surface area contributed by atoms with Crippen LogP contribution >= 0.6 is 0 Å².